The van der Waals surface area contributed by atoms with Gasteiger partial charge in [-0.05, 0) is 45.7 Å². The largest absolute Gasteiger partial charge is 0.490 e. The van der Waals surface area contributed by atoms with Gasteiger partial charge in [-0.1, -0.05) is 0 Å². The van der Waals surface area contributed by atoms with Crippen LogP contribution in [0.2, 0.25) is 0 Å². The second kappa shape index (κ2) is 5.07. The number of ether oxygens (including phenoxy) is 2. The molecular formula is C14H20N2O3. The summed E-state index contributed by atoms with van der Waals surface area (Å²) in [5.74, 6) is 0.708. The Morgan fingerprint density at radius 3 is 2.74 bits per heavy atom. The molecule has 0 saturated heterocycles. The fourth-order valence-corrected chi connectivity index (χ4v) is 1.63. The number of nitrogens with zero attached hydrogens (tertiary/aromatic N) is 1. The summed E-state index contributed by atoms with van der Waals surface area (Å²) in [6.45, 7) is 5.98. The number of amides is 1. The fraction of sp³-hybridized carbons (Fsp3) is 0.571. The van der Waals surface area contributed by atoms with E-state index in [2.05, 4.69) is 10.3 Å². The topological polar surface area (TPSA) is 60.5 Å². The minimum Gasteiger partial charge on any atom is -0.490 e. The average molecular weight is 264 g/mol. The summed E-state index contributed by atoms with van der Waals surface area (Å²) in [7, 11) is 0. The van der Waals surface area contributed by atoms with Gasteiger partial charge in [0.1, 0.15) is 18.0 Å². The van der Waals surface area contributed by atoms with E-state index < -0.39 is 5.60 Å². The number of aromatic nitrogens is 1. The molecule has 1 aliphatic carbocycles. The highest BCUT2D eigenvalue weighted by Gasteiger charge is 2.46. The van der Waals surface area contributed by atoms with Crippen molar-refractivity contribution in [2.24, 2.45) is 0 Å². The van der Waals surface area contributed by atoms with Gasteiger partial charge in [0.25, 0.3) is 0 Å². The first-order valence-corrected chi connectivity index (χ1v) is 6.43. The van der Waals surface area contributed by atoms with Gasteiger partial charge in [-0.2, -0.15) is 0 Å². The third-order valence-corrected chi connectivity index (χ3v) is 2.77. The van der Waals surface area contributed by atoms with Crippen LogP contribution in [0.4, 0.5) is 4.79 Å². The lowest BCUT2D eigenvalue weighted by atomic mass is 10.2. The summed E-state index contributed by atoms with van der Waals surface area (Å²) in [6, 6.07) is 3.66. The van der Waals surface area contributed by atoms with Crippen molar-refractivity contribution in [1.82, 2.24) is 10.3 Å². The monoisotopic (exact) mass is 264 g/mol. The van der Waals surface area contributed by atoms with Crippen LogP contribution in [-0.4, -0.2) is 28.8 Å². The number of pyridine rings is 1. The Morgan fingerprint density at radius 1 is 1.47 bits per heavy atom. The van der Waals surface area contributed by atoms with Crippen LogP contribution in [0.25, 0.3) is 0 Å². The van der Waals surface area contributed by atoms with Crippen LogP contribution in [-0.2, 0) is 4.74 Å². The van der Waals surface area contributed by atoms with E-state index in [1.54, 1.807) is 12.4 Å². The zero-order chi connectivity index (χ0) is 13.9. The molecule has 1 aromatic rings. The number of hydrogen-bond acceptors (Lipinski definition) is 4. The predicted molar refractivity (Wildman–Crippen MR) is 71.1 cm³/mol. The molecule has 1 amide bonds. The zero-order valence-electron chi connectivity index (χ0n) is 11.6. The van der Waals surface area contributed by atoms with E-state index in [0.717, 1.165) is 12.8 Å². The molecule has 0 atom stereocenters. The van der Waals surface area contributed by atoms with Crippen LogP contribution >= 0.6 is 0 Å². The van der Waals surface area contributed by atoms with E-state index >= 15 is 0 Å². The second-order valence-corrected chi connectivity index (χ2v) is 5.88. The van der Waals surface area contributed by atoms with Crippen LogP contribution in [0.3, 0.4) is 0 Å². The van der Waals surface area contributed by atoms with E-state index in [-0.39, 0.29) is 11.6 Å². The maximum atomic E-state index is 11.7. The Hall–Kier alpha value is -1.78. The number of hydrogen-bond donors (Lipinski definition) is 1. The number of carbonyl (C=O) groups excluding carboxylic acids is 1. The Balaban J connectivity index is 1.82. The van der Waals surface area contributed by atoms with Crippen molar-refractivity contribution in [2.75, 3.05) is 6.61 Å². The standard InChI is InChI=1S/C14H20N2O3/c1-13(2,3)19-12(17)16-14(6-7-14)10-18-11-5-4-8-15-9-11/h4-5,8-9H,6-7,10H2,1-3H3,(H,16,17). The number of carbonyl (C=O) groups is 1. The first-order chi connectivity index (χ1) is 8.89. The van der Waals surface area contributed by atoms with Crippen LogP contribution in [0.1, 0.15) is 33.6 Å². The van der Waals surface area contributed by atoms with E-state index in [1.165, 1.54) is 0 Å². The molecule has 2 rings (SSSR count). The Labute approximate surface area is 113 Å². The molecular weight excluding hydrogens is 244 g/mol. The van der Waals surface area contributed by atoms with Gasteiger partial charge >= 0.3 is 6.09 Å². The molecule has 19 heavy (non-hydrogen) atoms. The minimum absolute atomic E-state index is 0.280. The molecule has 1 heterocycles. The highest BCUT2D eigenvalue weighted by Crippen LogP contribution is 2.36. The SMILES string of the molecule is CC(C)(C)OC(=O)NC1(COc2cccnc2)CC1. The first kappa shape index (κ1) is 13.6. The van der Waals surface area contributed by atoms with E-state index in [0.29, 0.717) is 12.4 Å². The van der Waals surface area contributed by atoms with Crippen molar-refractivity contribution in [3.05, 3.63) is 24.5 Å². The molecule has 5 nitrogen and oxygen atoms in total. The molecule has 0 aromatic carbocycles. The normalized spacial score (nSPS) is 16.6. The predicted octanol–water partition coefficient (Wildman–Crippen LogP) is 2.52. The summed E-state index contributed by atoms with van der Waals surface area (Å²) in [4.78, 5) is 15.7. The third kappa shape index (κ3) is 4.43. The quantitative estimate of drug-likeness (QED) is 0.907. The Bertz CT molecular complexity index is 436. The molecule has 0 unspecified atom stereocenters. The number of rotatable bonds is 4. The Kier molecular flexibility index (Phi) is 3.64. The van der Waals surface area contributed by atoms with Crippen molar-refractivity contribution in [3.8, 4) is 5.75 Å². The van der Waals surface area contributed by atoms with Crippen LogP contribution in [0.5, 0.6) is 5.75 Å². The van der Waals surface area contributed by atoms with Crippen LogP contribution in [0.15, 0.2) is 24.5 Å². The number of alkyl carbamates (subject to hydrolysis) is 1. The molecule has 0 radical (unpaired) electrons. The van der Waals surface area contributed by atoms with E-state index in [1.807, 2.05) is 32.9 Å². The summed E-state index contributed by atoms with van der Waals surface area (Å²) in [6.07, 6.45) is 4.78. The minimum atomic E-state index is -0.482. The second-order valence-electron chi connectivity index (χ2n) is 5.88. The molecule has 1 fully saturated rings. The molecule has 0 aliphatic heterocycles. The lowest BCUT2D eigenvalue weighted by molar-refractivity contribution is 0.0477. The maximum Gasteiger partial charge on any atom is 0.408 e. The molecule has 1 N–H and O–H groups in total. The van der Waals surface area contributed by atoms with Gasteiger partial charge in [-0.25, -0.2) is 4.79 Å². The van der Waals surface area contributed by atoms with Gasteiger partial charge in [-0.3, -0.25) is 4.98 Å². The maximum absolute atomic E-state index is 11.7. The van der Waals surface area contributed by atoms with E-state index in [4.69, 9.17) is 9.47 Å². The molecule has 1 aliphatic rings. The summed E-state index contributed by atoms with van der Waals surface area (Å²) in [5.41, 5.74) is -0.761. The van der Waals surface area contributed by atoms with E-state index in [9.17, 15) is 4.79 Å². The van der Waals surface area contributed by atoms with Gasteiger partial charge in [0, 0.05) is 6.20 Å². The van der Waals surface area contributed by atoms with Crippen molar-refractivity contribution in [3.63, 3.8) is 0 Å². The van der Waals surface area contributed by atoms with Gasteiger partial charge in [-0.15, -0.1) is 0 Å². The molecule has 1 saturated carbocycles. The lowest BCUT2D eigenvalue weighted by Gasteiger charge is -2.23. The summed E-state index contributed by atoms with van der Waals surface area (Å²) in [5, 5.41) is 2.89. The average Bonchev–Trinajstić information content (AvgIpc) is 3.05. The van der Waals surface area contributed by atoms with Gasteiger partial charge < -0.3 is 14.8 Å². The Morgan fingerprint density at radius 2 is 2.21 bits per heavy atom. The van der Waals surface area contributed by atoms with Gasteiger partial charge in [0.05, 0.1) is 11.7 Å². The molecule has 0 bridgehead atoms. The lowest BCUT2D eigenvalue weighted by Crippen LogP contribution is -2.44. The van der Waals surface area contributed by atoms with Crippen molar-refractivity contribution >= 4 is 6.09 Å². The highest BCUT2D eigenvalue weighted by molar-refractivity contribution is 5.69. The van der Waals surface area contributed by atoms with Crippen LogP contribution < -0.4 is 10.1 Å². The van der Waals surface area contributed by atoms with Crippen molar-refractivity contribution in [2.45, 2.75) is 44.8 Å². The van der Waals surface area contributed by atoms with Crippen molar-refractivity contribution in [1.29, 1.82) is 0 Å². The highest BCUT2D eigenvalue weighted by atomic mass is 16.6. The molecule has 5 heteroatoms. The van der Waals surface area contributed by atoms with Gasteiger partial charge in [0.2, 0.25) is 0 Å². The zero-order valence-corrected chi connectivity index (χ0v) is 11.6. The molecule has 104 valence electrons. The fourth-order valence-electron chi connectivity index (χ4n) is 1.63. The molecule has 1 aromatic heterocycles. The first-order valence-electron chi connectivity index (χ1n) is 6.43. The summed E-state index contributed by atoms with van der Waals surface area (Å²) < 4.78 is 10.9. The molecule has 0 spiro atoms. The summed E-state index contributed by atoms with van der Waals surface area (Å²) >= 11 is 0. The van der Waals surface area contributed by atoms with Gasteiger partial charge in [0.15, 0.2) is 0 Å². The van der Waals surface area contributed by atoms with Crippen LogP contribution in [0, 0.1) is 0 Å². The third-order valence-electron chi connectivity index (χ3n) is 2.77. The number of nitrogens with one attached hydrogen (secondary N) is 1. The van der Waals surface area contributed by atoms with Crippen molar-refractivity contribution < 1.29 is 14.3 Å². The smallest absolute Gasteiger partial charge is 0.408 e.